The summed E-state index contributed by atoms with van der Waals surface area (Å²) in [6, 6.07) is 8.73. The number of likely N-dealkylation sites (N-methyl/N-ethyl adjacent to an activating group) is 1. The second-order valence-corrected chi connectivity index (χ2v) is 6.48. The molecule has 1 atom stereocenters. The van der Waals surface area contributed by atoms with Crippen LogP contribution in [-0.2, 0) is 16.0 Å². The summed E-state index contributed by atoms with van der Waals surface area (Å²) in [5, 5.41) is 3.38. The van der Waals surface area contributed by atoms with Crippen molar-refractivity contribution in [1.29, 1.82) is 0 Å². The van der Waals surface area contributed by atoms with Gasteiger partial charge in [0.1, 0.15) is 0 Å². The lowest BCUT2D eigenvalue weighted by Crippen LogP contribution is -2.41. The molecular formula is C16H26N2O2S. The molecule has 1 aliphatic heterocycles. The van der Waals surface area contributed by atoms with Crippen molar-refractivity contribution < 1.29 is 9.47 Å². The Morgan fingerprint density at radius 1 is 1.48 bits per heavy atom. The summed E-state index contributed by atoms with van der Waals surface area (Å²) < 4.78 is 10.8. The van der Waals surface area contributed by atoms with E-state index in [0.717, 1.165) is 45.1 Å². The van der Waals surface area contributed by atoms with Gasteiger partial charge in [-0.15, -0.1) is 11.8 Å². The monoisotopic (exact) mass is 310 g/mol. The first-order valence-corrected chi connectivity index (χ1v) is 8.48. The summed E-state index contributed by atoms with van der Waals surface area (Å²) in [5.41, 5.74) is 1.32. The number of morpholine rings is 1. The van der Waals surface area contributed by atoms with Crippen molar-refractivity contribution in [2.75, 3.05) is 52.8 Å². The molecule has 1 aliphatic rings. The Kier molecular flexibility index (Phi) is 7.53. The normalized spacial score (nSPS) is 19.8. The fourth-order valence-corrected chi connectivity index (χ4v) is 3.30. The first-order chi connectivity index (χ1) is 10.3. The van der Waals surface area contributed by atoms with Gasteiger partial charge in [-0.3, -0.25) is 0 Å². The number of thioether (sulfide) groups is 1. The number of rotatable bonds is 8. The molecule has 1 N–H and O–H groups in total. The van der Waals surface area contributed by atoms with Gasteiger partial charge in [-0.1, -0.05) is 12.1 Å². The predicted molar refractivity (Wildman–Crippen MR) is 88.0 cm³/mol. The maximum absolute atomic E-state index is 5.80. The first kappa shape index (κ1) is 16.8. The van der Waals surface area contributed by atoms with Crippen molar-refractivity contribution in [2.24, 2.45) is 0 Å². The van der Waals surface area contributed by atoms with Gasteiger partial charge >= 0.3 is 0 Å². The minimum atomic E-state index is 0.345. The second-order valence-electron chi connectivity index (χ2n) is 5.38. The number of hydrogen-bond acceptors (Lipinski definition) is 5. The zero-order valence-electron chi connectivity index (χ0n) is 13.0. The first-order valence-electron chi connectivity index (χ1n) is 7.49. The maximum atomic E-state index is 5.80. The average molecular weight is 310 g/mol. The van der Waals surface area contributed by atoms with Gasteiger partial charge in [0.25, 0.3) is 0 Å². The van der Waals surface area contributed by atoms with Gasteiger partial charge in [0.05, 0.1) is 19.3 Å². The third kappa shape index (κ3) is 6.36. The lowest BCUT2D eigenvalue weighted by Gasteiger charge is -2.29. The van der Waals surface area contributed by atoms with E-state index in [-0.39, 0.29) is 0 Å². The van der Waals surface area contributed by atoms with E-state index in [1.54, 1.807) is 7.11 Å². The van der Waals surface area contributed by atoms with Gasteiger partial charge in [-0.05, 0) is 24.7 Å². The largest absolute Gasteiger partial charge is 0.383 e. The highest BCUT2D eigenvalue weighted by molar-refractivity contribution is 7.99. The van der Waals surface area contributed by atoms with Crippen LogP contribution in [-0.4, -0.2) is 63.8 Å². The molecule has 1 unspecified atom stereocenters. The number of benzene rings is 1. The molecule has 1 aromatic rings. The third-order valence-corrected chi connectivity index (χ3v) is 4.61. The summed E-state index contributed by atoms with van der Waals surface area (Å²) in [5.74, 6) is 1.02. The number of nitrogens with zero attached hydrogens (tertiary/aromatic N) is 1. The Bertz CT molecular complexity index is 417. The van der Waals surface area contributed by atoms with Crippen molar-refractivity contribution in [3.63, 3.8) is 0 Å². The van der Waals surface area contributed by atoms with Crippen LogP contribution in [0.2, 0.25) is 0 Å². The highest BCUT2D eigenvalue weighted by Crippen LogP contribution is 2.22. The quantitative estimate of drug-likeness (QED) is 0.585. The molecule has 21 heavy (non-hydrogen) atoms. The summed E-state index contributed by atoms with van der Waals surface area (Å²) in [4.78, 5) is 3.66. The maximum Gasteiger partial charge on any atom is 0.0796 e. The van der Waals surface area contributed by atoms with Crippen molar-refractivity contribution >= 4 is 11.8 Å². The SMILES string of the molecule is COCCNCc1cccc(SCC2CN(C)CCO2)c1. The molecular weight excluding hydrogens is 284 g/mol. The third-order valence-electron chi connectivity index (χ3n) is 3.49. The highest BCUT2D eigenvalue weighted by Gasteiger charge is 2.17. The molecule has 4 nitrogen and oxygen atoms in total. The number of ether oxygens (including phenoxy) is 2. The van der Waals surface area contributed by atoms with Crippen molar-refractivity contribution in [3.8, 4) is 0 Å². The molecule has 1 heterocycles. The van der Waals surface area contributed by atoms with Gasteiger partial charge in [-0.25, -0.2) is 0 Å². The summed E-state index contributed by atoms with van der Waals surface area (Å²) >= 11 is 1.88. The molecule has 0 spiro atoms. The van der Waals surface area contributed by atoms with Gasteiger partial charge in [0, 0.05) is 43.9 Å². The van der Waals surface area contributed by atoms with Crippen LogP contribution in [0.1, 0.15) is 5.56 Å². The van der Waals surface area contributed by atoms with Gasteiger partial charge in [0.2, 0.25) is 0 Å². The molecule has 0 radical (unpaired) electrons. The Balaban J connectivity index is 1.75. The van der Waals surface area contributed by atoms with Crippen LogP contribution in [0.15, 0.2) is 29.2 Å². The standard InChI is InChI=1S/C16H26N2O2S/c1-18-7-9-20-15(12-18)13-21-16-5-3-4-14(10-16)11-17-6-8-19-2/h3-5,10,15,17H,6-9,11-13H2,1-2H3. The van der Waals surface area contributed by atoms with Crippen LogP contribution in [0, 0.1) is 0 Å². The van der Waals surface area contributed by atoms with E-state index in [1.165, 1.54) is 10.5 Å². The average Bonchev–Trinajstić information content (AvgIpc) is 2.50. The van der Waals surface area contributed by atoms with E-state index < -0.39 is 0 Å². The summed E-state index contributed by atoms with van der Waals surface area (Å²) in [7, 11) is 3.89. The molecule has 1 fully saturated rings. The molecule has 0 bridgehead atoms. The van der Waals surface area contributed by atoms with Crippen LogP contribution in [0.3, 0.4) is 0 Å². The zero-order chi connectivity index (χ0) is 14.9. The molecule has 1 saturated heterocycles. The molecule has 5 heteroatoms. The van der Waals surface area contributed by atoms with E-state index in [2.05, 4.69) is 41.5 Å². The van der Waals surface area contributed by atoms with Gasteiger partial charge in [-0.2, -0.15) is 0 Å². The minimum Gasteiger partial charge on any atom is -0.383 e. The number of methoxy groups -OCH3 is 1. The fourth-order valence-electron chi connectivity index (χ4n) is 2.31. The van der Waals surface area contributed by atoms with E-state index in [0.29, 0.717) is 6.10 Å². The molecule has 2 rings (SSSR count). The van der Waals surface area contributed by atoms with E-state index in [1.807, 2.05) is 11.8 Å². The Morgan fingerprint density at radius 2 is 2.38 bits per heavy atom. The van der Waals surface area contributed by atoms with Crippen LogP contribution in [0.25, 0.3) is 0 Å². The zero-order valence-corrected chi connectivity index (χ0v) is 13.8. The topological polar surface area (TPSA) is 33.7 Å². The Hall–Kier alpha value is -0.590. The number of nitrogens with one attached hydrogen (secondary N) is 1. The molecule has 0 saturated carbocycles. The van der Waals surface area contributed by atoms with Crippen LogP contribution >= 0.6 is 11.8 Å². The molecule has 0 amide bonds. The number of hydrogen-bond donors (Lipinski definition) is 1. The summed E-state index contributed by atoms with van der Waals surface area (Å²) in [6.45, 7) is 5.46. The van der Waals surface area contributed by atoms with E-state index >= 15 is 0 Å². The molecule has 0 aliphatic carbocycles. The fraction of sp³-hybridized carbons (Fsp3) is 0.625. The van der Waals surface area contributed by atoms with Crippen molar-refractivity contribution in [3.05, 3.63) is 29.8 Å². The minimum absolute atomic E-state index is 0.345. The highest BCUT2D eigenvalue weighted by atomic mass is 32.2. The molecule has 0 aromatic heterocycles. The van der Waals surface area contributed by atoms with Gasteiger partial charge < -0.3 is 19.7 Å². The Labute approximate surface area is 132 Å². The Morgan fingerprint density at radius 3 is 3.19 bits per heavy atom. The lowest BCUT2D eigenvalue weighted by molar-refractivity contribution is -0.00598. The van der Waals surface area contributed by atoms with Crippen LogP contribution < -0.4 is 5.32 Å². The predicted octanol–water partition coefficient (Wildman–Crippen LogP) is 1.85. The van der Waals surface area contributed by atoms with Crippen molar-refractivity contribution in [1.82, 2.24) is 10.2 Å². The molecule has 118 valence electrons. The van der Waals surface area contributed by atoms with E-state index in [4.69, 9.17) is 9.47 Å². The second kappa shape index (κ2) is 9.43. The lowest BCUT2D eigenvalue weighted by atomic mass is 10.2. The van der Waals surface area contributed by atoms with Crippen LogP contribution in [0.5, 0.6) is 0 Å². The molecule has 1 aromatic carbocycles. The van der Waals surface area contributed by atoms with Crippen molar-refractivity contribution in [2.45, 2.75) is 17.5 Å². The van der Waals surface area contributed by atoms with Crippen LogP contribution in [0.4, 0.5) is 0 Å². The summed E-state index contributed by atoms with van der Waals surface area (Å²) in [6.07, 6.45) is 0.345. The van der Waals surface area contributed by atoms with Gasteiger partial charge in [0.15, 0.2) is 0 Å². The smallest absolute Gasteiger partial charge is 0.0796 e. The van der Waals surface area contributed by atoms with E-state index in [9.17, 15) is 0 Å².